The topological polar surface area (TPSA) is 201 Å². The number of ether oxygens (including phenoxy) is 1. The summed E-state index contributed by atoms with van der Waals surface area (Å²) in [4.78, 5) is 19.6. The van der Waals surface area contributed by atoms with Gasteiger partial charge in [0.1, 0.15) is 35.5 Å². The van der Waals surface area contributed by atoms with Crippen LogP contribution in [0.15, 0.2) is 36.5 Å². The molecule has 0 amide bonds. The molecular formula is C22H24ClFN7O6P. The van der Waals surface area contributed by atoms with E-state index in [-0.39, 0.29) is 40.8 Å². The number of anilines is 2. The number of aliphatic hydroxyl groups is 1. The first-order valence-electron chi connectivity index (χ1n) is 11.2. The minimum absolute atomic E-state index is 0.0620. The number of hydrogen-bond donors (Lipinski definition) is 3. The molecule has 1 aliphatic rings. The monoisotopic (exact) mass is 567 g/mol. The fraction of sp³-hybridized carbons (Fsp3) is 0.409. The first-order valence-corrected chi connectivity index (χ1v) is 13.3. The minimum atomic E-state index is -4.07. The Balaban J connectivity index is 1.66. The van der Waals surface area contributed by atoms with Crippen LogP contribution in [0, 0.1) is 17.2 Å². The van der Waals surface area contributed by atoms with Crippen molar-refractivity contribution in [3.63, 3.8) is 0 Å². The summed E-state index contributed by atoms with van der Waals surface area (Å²) >= 11 is 6.10. The van der Waals surface area contributed by atoms with Gasteiger partial charge in [-0.2, -0.15) is 10.2 Å². The molecule has 38 heavy (non-hydrogen) atoms. The van der Waals surface area contributed by atoms with Crippen LogP contribution in [-0.2, 0) is 24.2 Å². The number of aliphatic hydroxyl groups excluding tert-OH is 1. The number of Topliss-reactive ketones (excluding diaryl/α,β-unsaturated/α-hetero) is 1. The molecule has 0 spiro atoms. The maximum absolute atomic E-state index is 16.0. The van der Waals surface area contributed by atoms with Crippen LogP contribution in [0.5, 0.6) is 5.75 Å². The fourth-order valence-electron chi connectivity index (χ4n) is 3.90. The number of nitriles is 1. The molecule has 2 aromatic heterocycles. The van der Waals surface area contributed by atoms with E-state index in [0.717, 1.165) is 10.7 Å². The predicted molar refractivity (Wildman–Crippen MR) is 133 cm³/mol. The molecule has 6 atom stereocenters. The first-order chi connectivity index (χ1) is 17.8. The van der Waals surface area contributed by atoms with Crippen molar-refractivity contribution in [2.75, 3.05) is 24.2 Å². The fourth-order valence-corrected chi connectivity index (χ4v) is 6.20. The Morgan fingerprint density at radius 3 is 2.74 bits per heavy atom. The molecule has 16 heteroatoms. The van der Waals surface area contributed by atoms with Gasteiger partial charge in [0.05, 0.1) is 19.0 Å². The van der Waals surface area contributed by atoms with E-state index in [1.54, 1.807) is 31.2 Å². The Bertz CT molecular complexity index is 1450. The molecule has 1 saturated heterocycles. The molecule has 3 aromatic rings. The van der Waals surface area contributed by atoms with Crippen LogP contribution in [0.4, 0.5) is 16.2 Å². The number of nitrogens with two attached hydrogens (primary N) is 2. The number of imidazole rings is 1. The standard InChI is InChI=1S/C22H24ClFN7O6P/c1-12(13(2)32)10-38(34,37-14-6-4-3-5-7-14)35-9-15-17(33)22(23,24)21(11-25,36-15)16-8-28-19-18(26)29-20(27)30-31(16)19/h3-8,12,15,17,33H,9-10H2,1-2H3,(H4,26,27,29,30)/t12-,15-,17?,21+,22-,38?/m1/s1. The number of hydrogen-bond acceptors (Lipinski definition) is 12. The van der Waals surface area contributed by atoms with Crippen LogP contribution in [0.3, 0.4) is 0 Å². The average molecular weight is 568 g/mol. The van der Waals surface area contributed by atoms with Crippen molar-refractivity contribution >= 4 is 42.4 Å². The van der Waals surface area contributed by atoms with Gasteiger partial charge in [-0.1, -0.05) is 36.7 Å². The number of rotatable bonds is 9. The van der Waals surface area contributed by atoms with E-state index in [1.165, 1.54) is 19.1 Å². The highest BCUT2D eigenvalue weighted by atomic mass is 35.5. The van der Waals surface area contributed by atoms with Crippen LogP contribution in [0.25, 0.3) is 5.65 Å². The van der Waals surface area contributed by atoms with Crippen LogP contribution in [0.2, 0.25) is 0 Å². The number of alkyl halides is 2. The quantitative estimate of drug-likeness (QED) is 0.252. The van der Waals surface area contributed by atoms with Gasteiger partial charge in [0.25, 0.3) is 5.13 Å². The molecular weight excluding hydrogens is 544 g/mol. The maximum Gasteiger partial charge on any atom is 0.379 e. The van der Waals surface area contributed by atoms with Gasteiger partial charge >= 0.3 is 7.60 Å². The summed E-state index contributed by atoms with van der Waals surface area (Å²) in [5.74, 6) is -1.24. The lowest BCUT2D eigenvalue weighted by molar-refractivity contribution is -0.119. The van der Waals surface area contributed by atoms with Crippen molar-refractivity contribution in [2.45, 2.75) is 36.8 Å². The van der Waals surface area contributed by atoms with Gasteiger partial charge in [0.15, 0.2) is 11.5 Å². The smallest absolute Gasteiger partial charge is 0.379 e. The van der Waals surface area contributed by atoms with Crippen molar-refractivity contribution in [1.82, 2.24) is 19.6 Å². The van der Waals surface area contributed by atoms with E-state index >= 15 is 4.39 Å². The zero-order valence-electron chi connectivity index (χ0n) is 20.2. The third-order valence-electron chi connectivity index (χ3n) is 6.06. The van der Waals surface area contributed by atoms with Crippen LogP contribution in [0.1, 0.15) is 19.5 Å². The highest BCUT2D eigenvalue weighted by molar-refractivity contribution is 7.54. The Kier molecular flexibility index (Phi) is 7.35. The van der Waals surface area contributed by atoms with E-state index in [9.17, 15) is 19.7 Å². The Labute approximate surface area is 221 Å². The van der Waals surface area contributed by atoms with Crippen molar-refractivity contribution in [2.24, 2.45) is 5.92 Å². The highest BCUT2D eigenvalue weighted by Gasteiger charge is 2.69. The molecule has 202 valence electrons. The molecule has 0 radical (unpaired) electrons. The SMILES string of the molecule is CC(=O)[C@H](C)CP(=O)(OC[C@H]1O[C@@](C#N)(c2cnc3c(N)nc(N)nn23)[C@@](F)(Cl)C1O)Oc1ccccc1. The molecule has 0 aliphatic carbocycles. The minimum Gasteiger partial charge on any atom is -0.424 e. The van der Waals surface area contributed by atoms with Gasteiger partial charge < -0.3 is 25.8 Å². The van der Waals surface area contributed by atoms with E-state index in [4.69, 9.17) is 36.9 Å². The molecule has 1 aromatic carbocycles. The summed E-state index contributed by atoms with van der Waals surface area (Å²) < 4.78 is 47.4. The average Bonchev–Trinajstić information content (AvgIpc) is 3.36. The summed E-state index contributed by atoms with van der Waals surface area (Å²) in [6.07, 6.45) is -3.04. The molecule has 5 N–H and O–H groups in total. The van der Waals surface area contributed by atoms with Gasteiger partial charge in [-0.15, -0.1) is 5.10 Å². The molecule has 1 aliphatic heterocycles. The number of carbonyl (C=O) groups excluding carboxylic acids is 1. The van der Waals surface area contributed by atoms with Crippen molar-refractivity contribution < 1.29 is 32.6 Å². The zero-order chi connectivity index (χ0) is 27.9. The first kappa shape index (κ1) is 27.7. The Hall–Kier alpha value is -3.34. The van der Waals surface area contributed by atoms with Crippen molar-refractivity contribution in [3.8, 4) is 11.8 Å². The molecule has 0 bridgehead atoms. The number of para-hydroxylation sites is 1. The second-order valence-electron chi connectivity index (χ2n) is 8.76. The molecule has 4 rings (SSSR count). The lowest BCUT2D eigenvalue weighted by atomic mass is 9.93. The number of ketones is 1. The van der Waals surface area contributed by atoms with E-state index in [1.807, 2.05) is 0 Å². The maximum atomic E-state index is 16.0. The molecule has 0 saturated carbocycles. The summed E-state index contributed by atoms with van der Waals surface area (Å²) in [6.45, 7) is 2.16. The van der Waals surface area contributed by atoms with E-state index < -0.39 is 43.1 Å². The summed E-state index contributed by atoms with van der Waals surface area (Å²) in [5.41, 5.74) is 8.36. The third-order valence-corrected chi connectivity index (χ3v) is 8.57. The van der Waals surface area contributed by atoms with Crippen molar-refractivity contribution in [1.29, 1.82) is 5.26 Å². The van der Waals surface area contributed by atoms with Gasteiger partial charge in [0.2, 0.25) is 11.5 Å². The van der Waals surface area contributed by atoms with Gasteiger partial charge in [-0.25, -0.2) is 18.5 Å². The van der Waals surface area contributed by atoms with E-state index in [0.29, 0.717) is 0 Å². The summed E-state index contributed by atoms with van der Waals surface area (Å²) in [7, 11) is -4.07. The second kappa shape index (κ2) is 10.1. The molecule has 1 fully saturated rings. The van der Waals surface area contributed by atoms with Gasteiger partial charge in [0, 0.05) is 5.92 Å². The highest BCUT2D eigenvalue weighted by Crippen LogP contribution is 2.54. The van der Waals surface area contributed by atoms with Crippen LogP contribution >= 0.6 is 19.2 Å². The number of nitrogens with zero attached hydrogens (tertiary/aromatic N) is 5. The lowest BCUT2D eigenvalue weighted by Gasteiger charge is -2.28. The lowest BCUT2D eigenvalue weighted by Crippen LogP contribution is -2.46. The summed E-state index contributed by atoms with van der Waals surface area (Å²) in [6, 6.07) is 9.72. The zero-order valence-corrected chi connectivity index (χ0v) is 21.8. The summed E-state index contributed by atoms with van der Waals surface area (Å²) in [5, 5.41) is 21.5. The Morgan fingerprint density at radius 2 is 2.11 bits per heavy atom. The number of nitrogen functional groups attached to an aromatic ring is 2. The second-order valence-corrected chi connectivity index (χ2v) is 11.3. The van der Waals surface area contributed by atoms with Crippen molar-refractivity contribution in [3.05, 3.63) is 42.2 Å². The number of fused-ring (bicyclic) bond motifs is 1. The number of halogens is 2. The molecule has 2 unspecified atom stereocenters. The van der Waals surface area contributed by atoms with E-state index in [2.05, 4.69) is 15.1 Å². The number of carbonyl (C=O) groups is 1. The Morgan fingerprint density at radius 1 is 1.42 bits per heavy atom. The van der Waals surface area contributed by atoms with Gasteiger partial charge in [-0.3, -0.25) is 9.32 Å². The number of benzene rings is 1. The molecule has 3 heterocycles. The molecule has 13 nitrogen and oxygen atoms in total. The number of aromatic nitrogens is 4. The largest absolute Gasteiger partial charge is 0.424 e. The van der Waals surface area contributed by atoms with Crippen LogP contribution in [-0.4, -0.2) is 60.6 Å². The third kappa shape index (κ3) is 4.79. The predicted octanol–water partition coefficient (Wildman–Crippen LogP) is 2.19. The normalized spacial score (nSPS) is 27.5. The van der Waals surface area contributed by atoms with Gasteiger partial charge in [-0.05, 0) is 19.1 Å². The van der Waals surface area contributed by atoms with Crippen LogP contribution < -0.4 is 16.0 Å².